The second-order valence-corrected chi connectivity index (χ2v) is 7.08. The Kier molecular flexibility index (Phi) is 3.54. The van der Waals surface area contributed by atoms with E-state index in [2.05, 4.69) is 0 Å². The van der Waals surface area contributed by atoms with Gasteiger partial charge in [0.15, 0.2) is 9.84 Å². The quantitative estimate of drug-likeness (QED) is 0.888. The van der Waals surface area contributed by atoms with Crippen molar-refractivity contribution in [2.24, 2.45) is 5.73 Å². The lowest BCUT2D eigenvalue weighted by molar-refractivity contribution is 0.578. The second kappa shape index (κ2) is 4.78. The third-order valence-electron chi connectivity index (χ3n) is 3.50. The Morgan fingerprint density at radius 2 is 2.00 bits per heavy atom. The molecule has 0 aliphatic heterocycles. The van der Waals surface area contributed by atoms with Crippen molar-refractivity contribution in [2.45, 2.75) is 42.8 Å². The molecule has 2 N–H and O–H groups in total. The van der Waals surface area contributed by atoms with Gasteiger partial charge in [-0.25, -0.2) is 8.42 Å². The van der Waals surface area contributed by atoms with Crippen molar-refractivity contribution >= 4 is 9.84 Å². The summed E-state index contributed by atoms with van der Waals surface area (Å²) in [6, 6.07) is 5.56. The van der Waals surface area contributed by atoms with E-state index in [-0.39, 0.29) is 0 Å². The highest BCUT2D eigenvalue weighted by Gasteiger charge is 2.24. The fourth-order valence-electron chi connectivity index (χ4n) is 2.35. The monoisotopic (exact) mass is 253 g/mol. The van der Waals surface area contributed by atoms with Gasteiger partial charge in [0, 0.05) is 0 Å². The van der Waals surface area contributed by atoms with Gasteiger partial charge in [-0.2, -0.15) is 0 Å². The predicted molar refractivity (Wildman–Crippen MR) is 68.8 cm³/mol. The molecule has 0 aromatic heterocycles. The number of sulfone groups is 1. The SMILES string of the molecule is CC(CCN)S(=O)(=O)c1ccc2c(c1)CCC2. The first kappa shape index (κ1) is 12.6. The van der Waals surface area contributed by atoms with Crippen LogP contribution in [-0.2, 0) is 22.7 Å². The first-order chi connectivity index (χ1) is 8.05. The van der Waals surface area contributed by atoms with Crippen molar-refractivity contribution < 1.29 is 8.42 Å². The van der Waals surface area contributed by atoms with E-state index < -0.39 is 15.1 Å². The summed E-state index contributed by atoms with van der Waals surface area (Å²) in [6.07, 6.45) is 3.73. The third-order valence-corrected chi connectivity index (χ3v) is 5.71. The van der Waals surface area contributed by atoms with Crippen molar-refractivity contribution in [1.82, 2.24) is 0 Å². The first-order valence-corrected chi connectivity index (χ1v) is 7.66. The number of hydrogen-bond donors (Lipinski definition) is 1. The molecule has 0 heterocycles. The van der Waals surface area contributed by atoms with Crippen LogP contribution in [0.2, 0.25) is 0 Å². The number of benzene rings is 1. The average molecular weight is 253 g/mol. The number of fused-ring (bicyclic) bond motifs is 1. The molecule has 0 saturated carbocycles. The van der Waals surface area contributed by atoms with E-state index in [9.17, 15) is 8.42 Å². The van der Waals surface area contributed by atoms with Crippen LogP contribution < -0.4 is 5.73 Å². The van der Waals surface area contributed by atoms with Crippen LogP contribution >= 0.6 is 0 Å². The van der Waals surface area contributed by atoms with E-state index in [1.807, 2.05) is 12.1 Å². The lowest BCUT2D eigenvalue weighted by Crippen LogP contribution is -2.21. The van der Waals surface area contributed by atoms with Crippen LogP contribution in [0, 0.1) is 0 Å². The van der Waals surface area contributed by atoms with Gasteiger partial charge in [0.05, 0.1) is 10.1 Å². The summed E-state index contributed by atoms with van der Waals surface area (Å²) in [6.45, 7) is 2.14. The fourth-order valence-corrected chi connectivity index (χ4v) is 3.82. The molecule has 1 aromatic rings. The average Bonchev–Trinajstić information content (AvgIpc) is 2.76. The number of hydrogen-bond acceptors (Lipinski definition) is 3. The summed E-state index contributed by atoms with van der Waals surface area (Å²) in [7, 11) is -3.20. The van der Waals surface area contributed by atoms with E-state index in [4.69, 9.17) is 5.73 Å². The Bertz CT molecular complexity index is 508. The van der Waals surface area contributed by atoms with Crippen molar-refractivity contribution in [3.8, 4) is 0 Å². The molecule has 94 valence electrons. The van der Waals surface area contributed by atoms with Crippen LogP contribution in [0.3, 0.4) is 0 Å². The molecule has 0 radical (unpaired) electrons. The molecule has 4 heteroatoms. The zero-order valence-corrected chi connectivity index (χ0v) is 11.0. The smallest absolute Gasteiger partial charge is 0.181 e. The fraction of sp³-hybridized carbons (Fsp3) is 0.538. The van der Waals surface area contributed by atoms with Crippen molar-refractivity contribution in [3.05, 3.63) is 29.3 Å². The normalized spacial score (nSPS) is 16.8. The summed E-state index contributed by atoms with van der Waals surface area (Å²) < 4.78 is 24.5. The van der Waals surface area contributed by atoms with Gasteiger partial charge in [0.2, 0.25) is 0 Å². The Balaban J connectivity index is 2.34. The zero-order valence-electron chi connectivity index (χ0n) is 10.1. The van der Waals surface area contributed by atoms with E-state index >= 15 is 0 Å². The Hall–Kier alpha value is -0.870. The standard InChI is InChI=1S/C13H19NO2S/c1-10(7-8-14)17(15,16)13-6-5-11-3-2-4-12(11)9-13/h5-6,9-10H,2-4,7-8,14H2,1H3. The topological polar surface area (TPSA) is 60.2 Å². The predicted octanol–water partition coefficient (Wildman–Crippen LogP) is 1.69. The van der Waals surface area contributed by atoms with E-state index in [0.29, 0.717) is 17.9 Å². The third kappa shape index (κ3) is 2.38. The van der Waals surface area contributed by atoms with Gasteiger partial charge in [-0.15, -0.1) is 0 Å². The Morgan fingerprint density at radius 3 is 2.71 bits per heavy atom. The molecular weight excluding hydrogens is 234 g/mol. The number of nitrogens with two attached hydrogens (primary N) is 1. The molecule has 0 spiro atoms. The summed E-state index contributed by atoms with van der Waals surface area (Å²) >= 11 is 0. The van der Waals surface area contributed by atoms with Gasteiger partial charge in [-0.1, -0.05) is 6.07 Å². The highest BCUT2D eigenvalue weighted by molar-refractivity contribution is 7.92. The Morgan fingerprint density at radius 1 is 1.29 bits per heavy atom. The molecule has 0 fully saturated rings. The molecule has 3 nitrogen and oxygen atoms in total. The highest BCUT2D eigenvalue weighted by atomic mass is 32.2. The van der Waals surface area contributed by atoms with Crippen LogP contribution in [-0.4, -0.2) is 20.2 Å². The molecule has 0 amide bonds. The molecule has 0 saturated heterocycles. The lowest BCUT2D eigenvalue weighted by atomic mass is 10.1. The van der Waals surface area contributed by atoms with E-state index in [1.165, 1.54) is 11.1 Å². The van der Waals surface area contributed by atoms with Crippen molar-refractivity contribution in [1.29, 1.82) is 0 Å². The van der Waals surface area contributed by atoms with Crippen LogP contribution in [0.15, 0.2) is 23.1 Å². The molecule has 1 atom stereocenters. The lowest BCUT2D eigenvalue weighted by Gasteiger charge is -2.13. The first-order valence-electron chi connectivity index (χ1n) is 6.11. The maximum absolute atomic E-state index is 12.3. The molecule has 1 unspecified atom stereocenters. The largest absolute Gasteiger partial charge is 0.330 e. The molecular formula is C13H19NO2S. The summed E-state index contributed by atoms with van der Waals surface area (Å²) in [4.78, 5) is 0.458. The zero-order chi connectivity index (χ0) is 12.5. The second-order valence-electron chi connectivity index (χ2n) is 4.72. The molecule has 2 rings (SSSR count). The van der Waals surface area contributed by atoms with Crippen molar-refractivity contribution in [3.63, 3.8) is 0 Å². The minimum absolute atomic E-state index is 0.396. The molecule has 17 heavy (non-hydrogen) atoms. The van der Waals surface area contributed by atoms with Gasteiger partial charge >= 0.3 is 0 Å². The number of rotatable bonds is 4. The van der Waals surface area contributed by atoms with Crippen LogP contribution in [0.25, 0.3) is 0 Å². The summed E-state index contributed by atoms with van der Waals surface area (Å²) in [5.74, 6) is 0. The Labute approximate surface area is 103 Å². The molecule has 1 aliphatic carbocycles. The van der Waals surface area contributed by atoms with Crippen LogP contribution in [0.1, 0.15) is 30.9 Å². The maximum atomic E-state index is 12.3. The van der Waals surface area contributed by atoms with Crippen LogP contribution in [0.5, 0.6) is 0 Å². The molecule has 0 bridgehead atoms. The summed E-state index contributed by atoms with van der Waals surface area (Å²) in [5, 5.41) is -0.396. The minimum Gasteiger partial charge on any atom is -0.330 e. The van der Waals surface area contributed by atoms with Gasteiger partial charge < -0.3 is 5.73 Å². The van der Waals surface area contributed by atoms with Crippen molar-refractivity contribution in [2.75, 3.05) is 6.54 Å². The maximum Gasteiger partial charge on any atom is 0.181 e. The number of aryl methyl sites for hydroxylation is 2. The van der Waals surface area contributed by atoms with E-state index in [1.54, 1.807) is 13.0 Å². The highest BCUT2D eigenvalue weighted by Crippen LogP contribution is 2.26. The van der Waals surface area contributed by atoms with Crippen LogP contribution in [0.4, 0.5) is 0 Å². The molecule has 1 aromatic carbocycles. The van der Waals surface area contributed by atoms with Gasteiger partial charge in [0.1, 0.15) is 0 Å². The summed E-state index contributed by atoms with van der Waals surface area (Å²) in [5.41, 5.74) is 7.93. The van der Waals surface area contributed by atoms with Gasteiger partial charge in [-0.3, -0.25) is 0 Å². The molecule has 1 aliphatic rings. The minimum atomic E-state index is -3.20. The van der Waals surface area contributed by atoms with E-state index in [0.717, 1.165) is 19.3 Å². The van der Waals surface area contributed by atoms with Gasteiger partial charge in [0.25, 0.3) is 0 Å². The van der Waals surface area contributed by atoms with Gasteiger partial charge in [-0.05, 0) is 62.4 Å².